The van der Waals surface area contributed by atoms with Crippen molar-refractivity contribution in [2.24, 2.45) is 0 Å². The molecule has 0 fully saturated rings. The molecular formula is C30H34N6OS. The Labute approximate surface area is 227 Å². The number of aromatic amines is 1. The van der Waals surface area contributed by atoms with Gasteiger partial charge in [-0.15, -0.1) is 16.4 Å². The van der Waals surface area contributed by atoms with E-state index in [0.717, 1.165) is 35.9 Å². The highest BCUT2D eigenvalue weighted by molar-refractivity contribution is 7.09. The molecule has 8 heteroatoms. The molecular weight excluding hydrogens is 492 g/mol. The minimum absolute atomic E-state index is 0.118. The minimum Gasteiger partial charge on any atom is -0.322 e. The van der Waals surface area contributed by atoms with Crippen LogP contribution in [0.3, 0.4) is 0 Å². The second kappa shape index (κ2) is 11.0. The Morgan fingerprint density at radius 3 is 2.63 bits per heavy atom. The second-order valence-corrected chi connectivity index (χ2v) is 11.5. The first-order chi connectivity index (χ1) is 18.4. The summed E-state index contributed by atoms with van der Waals surface area (Å²) >= 11 is 1.72. The van der Waals surface area contributed by atoms with Crippen LogP contribution in [0.15, 0.2) is 76.9 Å². The zero-order chi connectivity index (χ0) is 26.7. The summed E-state index contributed by atoms with van der Waals surface area (Å²) in [5.74, 6) is 0.679. The second-order valence-electron chi connectivity index (χ2n) is 10.4. The van der Waals surface area contributed by atoms with Gasteiger partial charge in [0, 0.05) is 29.0 Å². The molecule has 196 valence electrons. The van der Waals surface area contributed by atoms with Crippen LogP contribution >= 0.6 is 11.3 Å². The van der Waals surface area contributed by atoms with E-state index in [0.29, 0.717) is 17.9 Å². The van der Waals surface area contributed by atoms with Crippen LogP contribution in [0, 0.1) is 6.92 Å². The third-order valence-corrected chi connectivity index (χ3v) is 8.20. The molecule has 3 heterocycles. The number of aryl methyl sites for hydroxylation is 1. The Hall–Kier alpha value is -3.62. The van der Waals surface area contributed by atoms with Crippen molar-refractivity contribution in [2.75, 3.05) is 6.54 Å². The Bertz CT molecular complexity index is 1550. The molecule has 38 heavy (non-hydrogen) atoms. The van der Waals surface area contributed by atoms with Crippen molar-refractivity contribution >= 4 is 22.2 Å². The maximum atomic E-state index is 13.7. The van der Waals surface area contributed by atoms with Crippen molar-refractivity contribution in [2.45, 2.75) is 58.7 Å². The molecule has 2 aromatic carbocycles. The highest BCUT2D eigenvalue weighted by atomic mass is 32.1. The third kappa shape index (κ3) is 5.47. The molecule has 0 radical (unpaired) electrons. The van der Waals surface area contributed by atoms with Crippen LogP contribution in [0.25, 0.3) is 10.9 Å². The molecule has 0 bridgehead atoms. The molecule has 0 unspecified atom stereocenters. The number of hydrogen-bond donors (Lipinski definition) is 1. The topological polar surface area (TPSA) is 79.7 Å². The first kappa shape index (κ1) is 26.0. The highest BCUT2D eigenvalue weighted by Crippen LogP contribution is 2.32. The molecule has 0 amide bonds. The number of aromatic nitrogens is 5. The zero-order valence-corrected chi connectivity index (χ0v) is 23.2. The van der Waals surface area contributed by atoms with Gasteiger partial charge in [-0.3, -0.25) is 9.69 Å². The lowest BCUT2D eigenvalue weighted by atomic mass is 9.98. The van der Waals surface area contributed by atoms with E-state index in [-0.39, 0.29) is 11.1 Å². The SMILES string of the molecule is CCC(C)(C)n1nnnc1[C@H](c1cc2ccc(C)cc2[nH]c1=O)N(CCc1ccccc1)Cc1cccs1. The van der Waals surface area contributed by atoms with Crippen LogP contribution in [-0.4, -0.2) is 36.6 Å². The predicted octanol–water partition coefficient (Wildman–Crippen LogP) is 5.86. The fraction of sp³-hybridized carbons (Fsp3) is 0.333. The number of benzene rings is 2. The fourth-order valence-electron chi connectivity index (χ4n) is 4.80. The molecule has 1 N–H and O–H groups in total. The van der Waals surface area contributed by atoms with Gasteiger partial charge in [-0.2, -0.15) is 0 Å². The standard InChI is InChI=1S/C30H34N6OS/c1-5-30(3,4)36-28(32-33-34-36)27(25-19-23-14-13-21(2)18-26(23)31-29(25)37)35(20-24-12-9-17-38-24)16-15-22-10-7-6-8-11-22/h6-14,17-19,27H,5,15-16,20H2,1-4H3,(H,31,37)/t27-/m0/s1. The lowest BCUT2D eigenvalue weighted by Gasteiger charge is -2.33. The van der Waals surface area contributed by atoms with Gasteiger partial charge in [0.05, 0.1) is 5.54 Å². The van der Waals surface area contributed by atoms with Crippen LogP contribution in [0.2, 0.25) is 0 Å². The molecule has 5 aromatic rings. The van der Waals surface area contributed by atoms with E-state index in [2.05, 4.69) is 100 Å². The maximum Gasteiger partial charge on any atom is 0.253 e. The molecule has 0 saturated carbocycles. The largest absolute Gasteiger partial charge is 0.322 e. The van der Waals surface area contributed by atoms with Gasteiger partial charge >= 0.3 is 0 Å². The van der Waals surface area contributed by atoms with Gasteiger partial charge in [0.15, 0.2) is 5.82 Å². The number of H-pyrrole nitrogens is 1. The van der Waals surface area contributed by atoms with E-state index >= 15 is 0 Å². The summed E-state index contributed by atoms with van der Waals surface area (Å²) in [6.45, 7) is 9.83. The Morgan fingerprint density at radius 2 is 1.89 bits per heavy atom. The minimum atomic E-state index is -0.434. The number of thiophene rings is 1. The normalized spacial score (nSPS) is 12.9. The monoisotopic (exact) mass is 526 g/mol. The number of tetrazole rings is 1. The first-order valence-electron chi connectivity index (χ1n) is 13.1. The van der Waals surface area contributed by atoms with E-state index in [1.807, 2.05) is 29.8 Å². The van der Waals surface area contributed by atoms with Gasteiger partial charge in [0.1, 0.15) is 6.04 Å². The van der Waals surface area contributed by atoms with Crippen molar-refractivity contribution < 1.29 is 0 Å². The maximum absolute atomic E-state index is 13.7. The first-order valence-corrected chi connectivity index (χ1v) is 14.0. The Kier molecular flexibility index (Phi) is 7.53. The van der Waals surface area contributed by atoms with E-state index in [4.69, 9.17) is 0 Å². The summed E-state index contributed by atoms with van der Waals surface area (Å²) in [4.78, 5) is 20.5. The highest BCUT2D eigenvalue weighted by Gasteiger charge is 2.34. The van der Waals surface area contributed by atoms with Crippen LogP contribution < -0.4 is 5.56 Å². The van der Waals surface area contributed by atoms with Gasteiger partial charge in [-0.25, -0.2) is 4.68 Å². The zero-order valence-electron chi connectivity index (χ0n) is 22.4. The number of nitrogens with zero attached hydrogens (tertiary/aromatic N) is 5. The van der Waals surface area contributed by atoms with Crippen LogP contribution in [-0.2, 0) is 18.5 Å². The number of pyridine rings is 1. The molecule has 0 aliphatic heterocycles. The van der Waals surface area contributed by atoms with Gasteiger partial charge in [0.25, 0.3) is 5.56 Å². The molecule has 0 saturated heterocycles. The number of hydrogen-bond acceptors (Lipinski definition) is 6. The quantitative estimate of drug-likeness (QED) is 0.246. The summed E-state index contributed by atoms with van der Waals surface area (Å²) in [6, 6.07) is 22.4. The van der Waals surface area contributed by atoms with E-state index in [1.54, 1.807) is 11.3 Å². The van der Waals surface area contributed by atoms with Crippen molar-refractivity contribution in [3.05, 3.63) is 110 Å². The van der Waals surface area contributed by atoms with Gasteiger partial charge in [-0.05, 0) is 84.1 Å². The van der Waals surface area contributed by atoms with Gasteiger partial charge in [0.2, 0.25) is 0 Å². The molecule has 1 atom stereocenters. The Morgan fingerprint density at radius 1 is 1.08 bits per heavy atom. The van der Waals surface area contributed by atoms with Gasteiger partial charge < -0.3 is 4.98 Å². The average molecular weight is 527 g/mol. The molecule has 7 nitrogen and oxygen atoms in total. The number of rotatable bonds is 10. The van der Waals surface area contributed by atoms with E-state index in [1.165, 1.54) is 10.4 Å². The summed E-state index contributed by atoms with van der Waals surface area (Å²) in [7, 11) is 0. The summed E-state index contributed by atoms with van der Waals surface area (Å²) in [5.41, 5.74) is 3.40. The third-order valence-electron chi connectivity index (χ3n) is 7.34. The summed E-state index contributed by atoms with van der Waals surface area (Å²) < 4.78 is 1.90. The molecule has 0 aliphatic rings. The summed E-state index contributed by atoms with van der Waals surface area (Å²) in [5, 5.41) is 16.2. The summed E-state index contributed by atoms with van der Waals surface area (Å²) in [6.07, 6.45) is 1.69. The van der Waals surface area contributed by atoms with Crippen molar-refractivity contribution in [3.63, 3.8) is 0 Å². The molecule has 5 rings (SSSR count). The average Bonchev–Trinajstić information content (AvgIpc) is 3.61. The predicted molar refractivity (Wildman–Crippen MR) is 153 cm³/mol. The van der Waals surface area contributed by atoms with Crippen LogP contribution in [0.5, 0.6) is 0 Å². The van der Waals surface area contributed by atoms with E-state index in [9.17, 15) is 4.79 Å². The van der Waals surface area contributed by atoms with Crippen LogP contribution in [0.1, 0.15) is 60.6 Å². The number of fused-ring (bicyclic) bond motifs is 1. The molecule has 0 aliphatic carbocycles. The molecule has 3 aromatic heterocycles. The smallest absolute Gasteiger partial charge is 0.253 e. The lowest BCUT2D eigenvalue weighted by Crippen LogP contribution is -2.39. The van der Waals surface area contributed by atoms with Crippen molar-refractivity contribution in [1.29, 1.82) is 0 Å². The van der Waals surface area contributed by atoms with Crippen LogP contribution in [0.4, 0.5) is 0 Å². The van der Waals surface area contributed by atoms with Crippen molar-refractivity contribution in [1.82, 2.24) is 30.1 Å². The Balaban J connectivity index is 1.68. The molecule has 0 spiro atoms. The number of nitrogens with one attached hydrogen (secondary N) is 1. The van der Waals surface area contributed by atoms with Gasteiger partial charge in [-0.1, -0.05) is 55.5 Å². The van der Waals surface area contributed by atoms with E-state index < -0.39 is 6.04 Å². The lowest BCUT2D eigenvalue weighted by molar-refractivity contribution is 0.191. The van der Waals surface area contributed by atoms with Crippen molar-refractivity contribution in [3.8, 4) is 0 Å². The fourth-order valence-corrected chi connectivity index (χ4v) is 5.53.